The third-order valence-corrected chi connectivity index (χ3v) is 4.68. The molecule has 3 aliphatic heterocycles. The lowest BCUT2D eigenvalue weighted by Crippen LogP contribution is -2.36. The standard InChI is InChI=1S/C13H24N2O.ClH/c1-5-14-6-2-12(1)9-15-7-3-13(10-15)4-8-16-11-13;/h12,14H,1-11H2;1H. The van der Waals surface area contributed by atoms with Gasteiger partial charge in [0.2, 0.25) is 0 Å². The van der Waals surface area contributed by atoms with Gasteiger partial charge >= 0.3 is 0 Å². The van der Waals surface area contributed by atoms with E-state index < -0.39 is 0 Å². The zero-order chi connectivity index (χ0) is 10.8. The third kappa shape index (κ3) is 3.14. The Bertz CT molecular complexity index is 238. The lowest BCUT2D eigenvalue weighted by molar-refractivity contribution is 0.148. The van der Waals surface area contributed by atoms with E-state index in [0.717, 1.165) is 19.1 Å². The first-order valence-corrected chi connectivity index (χ1v) is 6.87. The molecule has 1 N–H and O–H groups in total. The topological polar surface area (TPSA) is 24.5 Å². The molecule has 3 heterocycles. The Morgan fingerprint density at radius 2 is 2.06 bits per heavy atom. The molecule has 3 rings (SSSR count). The van der Waals surface area contributed by atoms with Crippen molar-refractivity contribution >= 4 is 12.4 Å². The molecule has 0 bridgehead atoms. The van der Waals surface area contributed by atoms with E-state index in [4.69, 9.17) is 4.74 Å². The van der Waals surface area contributed by atoms with Crippen molar-refractivity contribution in [2.45, 2.75) is 25.7 Å². The molecule has 0 amide bonds. The van der Waals surface area contributed by atoms with Crippen molar-refractivity contribution in [2.24, 2.45) is 11.3 Å². The van der Waals surface area contributed by atoms with E-state index in [1.54, 1.807) is 0 Å². The van der Waals surface area contributed by atoms with Gasteiger partial charge in [0.25, 0.3) is 0 Å². The van der Waals surface area contributed by atoms with Crippen LogP contribution in [0.1, 0.15) is 25.7 Å². The van der Waals surface area contributed by atoms with E-state index in [9.17, 15) is 0 Å². The maximum absolute atomic E-state index is 5.58. The molecular formula is C13H25ClN2O. The number of hydrogen-bond acceptors (Lipinski definition) is 3. The molecule has 0 saturated carbocycles. The zero-order valence-electron chi connectivity index (χ0n) is 10.6. The van der Waals surface area contributed by atoms with Gasteiger partial charge in [0, 0.05) is 25.1 Å². The van der Waals surface area contributed by atoms with Crippen LogP contribution in [0.3, 0.4) is 0 Å². The minimum absolute atomic E-state index is 0. The fraction of sp³-hybridized carbons (Fsp3) is 1.00. The molecule has 17 heavy (non-hydrogen) atoms. The minimum atomic E-state index is 0. The Morgan fingerprint density at radius 3 is 2.76 bits per heavy atom. The molecule has 3 nitrogen and oxygen atoms in total. The summed E-state index contributed by atoms with van der Waals surface area (Å²) >= 11 is 0. The van der Waals surface area contributed by atoms with Crippen molar-refractivity contribution in [3.05, 3.63) is 0 Å². The summed E-state index contributed by atoms with van der Waals surface area (Å²) < 4.78 is 5.58. The molecule has 1 unspecified atom stereocenters. The molecule has 3 aliphatic rings. The Kier molecular flexibility index (Phi) is 4.70. The van der Waals surface area contributed by atoms with Crippen LogP contribution in [0.2, 0.25) is 0 Å². The van der Waals surface area contributed by atoms with Crippen molar-refractivity contribution in [2.75, 3.05) is 45.9 Å². The number of likely N-dealkylation sites (tertiary alicyclic amines) is 1. The highest BCUT2D eigenvalue weighted by molar-refractivity contribution is 5.85. The van der Waals surface area contributed by atoms with Crippen LogP contribution in [0.25, 0.3) is 0 Å². The molecular weight excluding hydrogens is 236 g/mol. The van der Waals surface area contributed by atoms with E-state index in [1.165, 1.54) is 58.4 Å². The van der Waals surface area contributed by atoms with Crippen LogP contribution >= 0.6 is 12.4 Å². The normalized spacial score (nSPS) is 35.3. The molecule has 3 saturated heterocycles. The summed E-state index contributed by atoms with van der Waals surface area (Å²) in [5, 5.41) is 3.45. The van der Waals surface area contributed by atoms with Crippen LogP contribution < -0.4 is 5.32 Å². The van der Waals surface area contributed by atoms with Crippen LogP contribution in [0.5, 0.6) is 0 Å². The van der Waals surface area contributed by atoms with Gasteiger partial charge in [-0.25, -0.2) is 0 Å². The highest BCUT2D eigenvalue weighted by Gasteiger charge is 2.41. The molecule has 0 radical (unpaired) electrons. The quantitative estimate of drug-likeness (QED) is 0.815. The maximum atomic E-state index is 5.58. The monoisotopic (exact) mass is 260 g/mol. The van der Waals surface area contributed by atoms with Gasteiger partial charge in [-0.1, -0.05) is 0 Å². The van der Waals surface area contributed by atoms with Crippen LogP contribution in [-0.4, -0.2) is 50.8 Å². The van der Waals surface area contributed by atoms with Crippen molar-refractivity contribution in [3.63, 3.8) is 0 Å². The van der Waals surface area contributed by atoms with Crippen molar-refractivity contribution < 1.29 is 4.74 Å². The molecule has 0 aliphatic carbocycles. The van der Waals surface area contributed by atoms with E-state index >= 15 is 0 Å². The van der Waals surface area contributed by atoms with Crippen LogP contribution in [0, 0.1) is 11.3 Å². The third-order valence-electron chi connectivity index (χ3n) is 4.68. The summed E-state index contributed by atoms with van der Waals surface area (Å²) in [6, 6.07) is 0. The van der Waals surface area contributed by atoms with Crippen LogP contribution in [-0.2, 0) is 4.74 Å². The second kappa shape index (κ2) is 5.87. The van der Waals surface area contributed by atoms with E-state index in [2.05, 4.69) is 10.2 Å². The molecule has 3 fully saturated rings. The maximum Gasteiger partial charge on any atom is 0.0536 e. The van der Waals surface area contributed by atoms with Gasteiger partial charge in [0.1, 0.15) is 0 Å². The summed E-state index contributed by atoms with van der Waals surface area (Å²) in [6.07, 6.45) is 5.42. The largest absolute Gasteiger partial charge is 0.381 e. The number of nitrogens with one attached hydrogen (secondary N) is 1. The fourth-order valence-corrected chi connectivity index (χ4v) is 3.58. The molecule has 4 heteroatoms. The smallest absolute Gasteiger partial charge is 0.0536 e. The number of halogens is 1. The Balaban J connectivity index is 0.00000108. The number of rotatable bonds is 2. The van der Waals surface area contributed by atoms with Gasteiger partial charge in [0.05, 0.1) is 6.61 Å². The lowest BCUT2D eigenvalue weighted by Gasteiger charge is -2.28. The summed E-state index contributed by atoms with van der Waals surface area (Å²) in [4.78, 5) is 2.70. The second-order valence-electron chi connectivity index (χ2n) is 5.98. The Hall–Kier alpha value is 0.170. The molecule has 1 atom stereocenters. The Labute approximate surface area is 111 Å². The van der Waals surface area contributed by atoms with E-state index in [-0.39, 0.29) is 12.4 Å². The van der Waals surface area contributed by atoms with Gasteiger partial charge in [-0.15, -0.1) is 12.4 Å². The van der Waals surface area contributed by atoms with Crippen LogP contribution in [0.15, 0.2) is 0 Å². The molecule has 0 aromatic carbocycles. The summed E-state index contributed by atoms with van der Waals surface area (Å²) in [5.41, 5.74) is 0.549. The first kappa shape index (κ1) is 13.6. The summed E-state index contributed by atoms with van der Waals surface area (Å²) in [6.45, 7) is 8.43. The minimum Gasteiger partial charge on any atom is -0.381 e. The highest BCUT2D eigenvalue weighted by atomic mass is 35.5. The molecule has 1 spiro atoms. The van der Waals surface area contributed by atoms with Gasteiger partial charge in [-0.05, 0) is 51.2 Å². The summed E-state index contributed by atoms with van der Waals surface area (Å²) in [5.74, 6) is 0.943. The van der Waals surface area contributed by atoms with Crippen molar-refractivity contribution in [3.8, 4) is 0 Å². The van der Waals surface area contributed by atoms with Gasteiger partial charge < -0.3 is 15.0 Å². The van der Waals surface area contributed by atoms with Gasteiger partial charge in [-0.3, -0.25) is 0 Å². The number of ether oxygens (including phenoxy) is 1. The highest BCUT2D eigenvalue weighted by Crippen LogP contribution is 2.38. The van der Waals surface area contributed by atoms with E-state index in [1.807, 2.05) is 0 Å². The first-order valence-electron chi connectivity index (χ1n) is 6.87. The fourth-order valence-electron chi connectivity index (χ4n) is 3.58. The van der Waals surface area contributed by atoms with Gasteiger partial charge in [-0.2, -0.15) is 0 Å². The molecule has 0 aromatic rings. The lowest BCUT2D eigenvalue weighted by atomic mass is 9.87. The molecule has 100 valence electrons. The predicted octanol–water partition coefficient (Wildman–Crippen LogP) is 1.52. The average molecular weight is 261 g/mol. The number of nitrogens with zero attached hydrogens (tertiary/aromatic N) is 1. The number of piperidine rings is 1. The molecule has 0 aromatic heterocycles. The van der Waals surface area contributed by atoms with Gasteiger partial charge in [0.15, 0.2) is 0 Å². The van der Waals surface area contributed by atoms with E-state index in [0.29, 0.717) is 5.41 Å². The zero-order valence-corrected chi connectivity index (χ0v) is 11.4. The van der Waals surface area contributed by atoms with Crippen LogP contribution in [0.4, 0.5) is 0 Å². The second-order valence-corrected chi connectivity index (χ2v) is 5.98. The number of hydrogen-bond donors (Lipinski definition) is 1. The summed E-state index contributed by atoms with van der Waals surface area (Å²) in [7, 11) is 0. The predicted molar refractivity (Wildman–Crippen MR) is 71.8 cm³/mol. The SMILES string of the molecule is C1CC(CN2CCC3(CCOC3)C2)CCN1.Cl. The van der Waals surface area contributed by atoms with Crippen molar-refractivity contribution in [1.29, 1.82) is 0 Å². The van der Waals surface area contributed by atoms with Crippen molar-refractivity contribution in [1.82, 2.24) is 10.2 Å². The first-order chi connectivity index (χ1) is 7.86. The average Bonchev–Trinajstić information content (AvgIpc) is 2.92. The Morgan fingerprint density at radius 1 is 1.24 bits per heavy atom.